The molecule has 0 aliphatic heterocycles. The summed E-state index contributed by atoms with van der Waals surface area (Å²) in [5.74, 6) is 0. The molecule has 0 aromatic heterocycles. The minimum absolute atomic E-state index is 1.24. The molecule has 0 nitrogen and oxygen atoms in total. The van der Waals surface area contributed by atoms with E-state index in [1.54, 1.807) is 0 Å². The molecule has 0 saturated heterocycles. The molecule has 0 amide bonds. The van der Waals surface area contributed by atoms with Crippen LogP contribution in [0.4, 0.5) is 0 Å². The maximum atomic E-state index is 3.36. The first-order valence-electron chi connectivity index (χ1n) is 11.7. The van der Waals surface area contributed by atoms with Crippen molar-refractivity contribution in [1.29, 1.82) is 0 Å². The van der Waals surface area contributed by atoms with Gasteiger partial charge in [-0.3, -0.25) is 0 Å². The van der Waals surface area contributed by atoms with Gasteiger partial charge in [-0.15, -0.1) is 0 Å². The van der Waals surface area contributed by atoms with Crippen LogP contribution in [0.3, 0.4) is 0 Å². The summed E-state index contributed by atoms with van der Waals surface area (Å²) >= 11 is 0. The Morgan fingerprint density at radius 2 is 0.853 bits per heavy atom. The number of hydrogen-bond acceptors (Lipinski definition) is 0. The van der Waals surface area contributed by atoms with Gasteiger partial charge in [-0.05, 0) is 89.6 Å². The van der Waals surface area contributed by atoms with Gasteiger partial charge in [-0.25, -0.2) is 0 Å². The summed E-state index contributed by atoms with van der Waals surface area (Å²) in [4.78, 5) is 0. The first kappa shape index (κ1) is 19.1. The van der Waals surface area contributed by atoms with Crippen LogP contribution in [0.5, 0.6) is 0 Å². The van der Waals surface area contributed by atoms with E-state index >= 15 is 0 Å². The third-order valence-electron chi connectivity index (χ3n) is 6.94. The largest absolute Gasteiger partial charge is 0.0616 e. The summed E-state index contributed by atoms with van der Waals surface area (Å²) in [5, 5.41) is 10.1. The normalized spacial score (nSPS) is 11.5. The zero-order valence-corrected chi connectivity index (χ0v) is 18.6. The van der Waals surface area contributed by atoms with Gasteiger partial charge in [0.05, 0.1) is 0 Å². The standard InChI is InChI=1S/C34H21/c1-3-11-25-21-27(19-17-23(25)9-1)33-29-13-5-7-15-31(29)34(32-16-8-6-14-30(32)33)28-20-18-24-10-2-4-12-26(24)22-28/h1-7,9-22H. The SMILES string of the molecule is [c]1ccc2c(-c3ccc4ccccc4c3)c3ccccc3c(-c3ccc4ccccc4c3)c2c1. The molecular formula is C34H21. The fourth-order valence-corrected chi connectivity index (χ4v) is 5.38. The topological polar surface area (TPSA) is 0 Å². The number of fused-ring (bicyclic) bond motifs is 4. The van der Waals surface area contributed by atoms with E-state index < -0.39 is 0 Å². The monoisotopic (exact) mass is 429 g/mol. The molecule has 0 unspecified atom stereocenters. The molecule has 157 valence electrons. The first-order chi connectivity index (χ1) is 16.9. The lowest BCUT2D eigenvalue weighted by atomic mass is 9.85. The average molecular weight is 430 g/mol. The molecule has 34 heavy (non-hydrogen) atoms. The smallest absolute Gasteiger partial charge is 0.00259 e. The summed E-state index contributed by atoms with van der Waals surface area (Å²) in [6, 6.07) is 49.4. The maximum absolute atomic E-state index is 3.36. The van der Waals surface area contributed by atoms with Gasteiger partial charge in [0.25, 0.3) is 0 Å². The van der Waals surface area contributed by atoms with Gasteiger partial charge < -0.3 is 0 Å². The van der Waals surface area contributed by atoms with E-state index in [0.717, 1.165) is 0 Å². The van der Waals surface area contributed by atoms with Crippen molar-refractivity contribution in [2.75, 3.05) is 0 Å². The second-order valence-electron chi connectivity index (χ2n) is 8.89. The Morgan fingerprint density at radius 3 is 1.44 bits per heavy atom. The van der Waals surface area contributed by atoms with Gasteiger partial charge in [0.15, 0.2) is 0 Å². The molecule has 0 heteroatoms. The number of hydrogen-bond donors (Lipinski definition) is 0. The summed E-state index contributed by atoms with van der Waals surface area (Å²) in [6.45, 7) is 0. The molecule has 0 N–H and O–H groups in total. The Kier molecular flexibility index (Phi) is 4.25. The fourth-order valence-electron chi connectivity index (χ4n) is 5.38. The molecule has 7 aromatic rings. The number of benzene rings is 7. The molecule has 0 heterocycles. The number of rotatable bonds is 2. The molecule has 0 spiro atoms. The Balaban J connectivity index is 1.61. The minimum atomic E-state index is 1.24. The lowest BCUT2D eigenvalue weighted by Crippen LogP contribution is -1.91. The van der Waals surface area contributed by atoms with Crippen LogP contribution < -0.4 is 0 Å². The van der Waals surface area contributed by atoms with E-state index in [0.29, 0.717) is 0 Å². The zero-order valence-electron chi connectivity index (χ0n) is 18.6. The molecule has 7 rings (SSSR count). The maximum Gasteiger partial charge on any atom is -0.00259 e. The molecule has 0 atom stereocenters. The van der Waals surface area contributed by atoms with Crippen LogP contribution in [-0.4, -0.2) is 0 Å². The lowest BCUT2D eigenvalue weighted by Gasteiger charge is -2.18. The van der Waals surface area contributed by atoms with Crippen LogP contribution >= 0.6 is 0 Å². The minimum Gasteiger partial charge on any atom is -0.0616 e. The van der Waals surface area contributed by atoms with Gasteiger partial charge in [0.1, 0.15) is 0 Å². The third-order valence-corrected chi connectivity index (χ3v) is 6.94. The molecular weight excluding hydrogens is 408 g/mol. The van der Waals surface area contributed by atoms with Crippen LogP contribution in [0.25, 0.3) is 65.3 Å². The van der Waals surface area contributed by atoms with E-state index in [-0.39, 0.29) is 0 Å². The first-order valence-corrected chi connectivity index (χ1v) is 11.7. The quantitative estimate of drug-likeness (QED) is 0.240. The van der Waals surface area contributed by atoms with E-state index in [2.05, 4.69) is 127 Å². The Hall–Kier alpha value is -4.42. The third kappa shape index (κ3) is 2.93. The summed E-state index contributed by atoms with van der Waals surface area (Å²) in [7, 11) is 0. The zero-order chi connectivity index (χ0) is 22.5. The van der Waals surface area contributed by atoms with Crippen molar-refractivity contribution in [1.82, 2.24) is 0 Å². The van der Waals surface area contributed by atoms with Crippen molar-refractivity contribution < 1.29 is 0 Å². The van der Waals surface area contributed by atoms with Crippen molar-refractivity contribution in [3.05, 3.63) is 133 Å². The van der Waals surface area contributed by atoms with Crippen molar-refractivity contribution in [2.24, 2.45) is 0 Å². The second kappa shape index (κ2) is 7.57. The van der Waals surface area contributed by atoms with E-state index in [1.807, 2.05) is 6.07 Å². The highest BCUT2D eigenvalue weighted by atomic mass is 14.2. The second-order valence-corrected chi connectivity index (χ2v) is 8.89. The predicted octanol–water partition coefficient (Wildman–Crippen LogP) is 9.43. The fraction of sp³-hybridized carbons (Fsp3) is 0. The molecule has 0 fully saturated rings. The molecule has 0 bridgehead atoms. The van der Waals surface area contributed by atoms with Crippen LogP contribution in [0.1, 0.15) is 0 Å². The van der Waals surface area contributed by atoms with Gasteiger partial charge >= 0.3 is 0 Å². The van der Waals surface area contributed by atoms with Crippen molar-refractivity contribution in [3.8, 4) is 22.3 Å². The van der Waals surface area contributed by atoms with Gasteiger partial charge in [0.2, 0.25) is 0 Å². The highest BCUT2D eigenvalue weighted by molar-refractivity contribution is 6.22. The van der Waals surface area contributed by atoms with Gasteiger partial charge in [-0.1, -0.05) is 109 Å². The van der Waals surface area contributed by atoms with Crippen LogP contribution in [0.2, 0.25) is 0 Å². The molecule has 0 aliphatic carbocycles. The van der Waals surface area contributed by atoms with Crippen LogP contribution in [-0.2, 0) is 0 Å². The van der Waals surface area contributed by atoms with E-state index in [1.165, 1.54) is 65.3 Å². The molecule has 7 aromatic carbocycles. The van der Waals surface area contributed by atoms with E-state index in [4.69, 9.17) is 0 Å². The lowest BCUT2D eigenvalue weighted by molar-refractivity contribution is 1.67. The summed E-state index contributed by atoms with van der Waals surface area (Å²) in [6.07, 6.45) is 0. The molecule has 0 aliphatic rings. The Bertz CT molecular complexity index is 1660. The highest BCUT2D eigenvalue weighted by Gasteiger charge is 2.16. The van der Waals surface area contributed by atoms with Crippen molar-refractivity contribution in [2.45, 2.75) is 0 Å². The van der Waals surface area contributed by atoms with Crippen LogP contribution in [0.15, 0.2) is 127 Å². The van der Waals surface area contributed by atoms with Gasteiger partial charge in [-0.2, -0.15) is 0 Å². The molecule has 1 radical (unpaired) electrons. The Labute approximate surface area is 198 Å². The van der Waals surface area contributed by atoms with Gasteiger partial charge in [0, 0.05) is 0 Å². The average Bonchev–Trinajstić information content (AvgIpc) is 2.91. The Morgan fingerprint density at radius 1 is 0.382 bits per heavy atom. The summed E-state index contributed by atoms with van der Waals surface area (Å²) in [5.41, 5.74) is 5.05. The molecule has 0 saturated carbocycles. The van der Waals surface area contributed by atoms with Crippen molar-refractivity contribution >= 4 is 43.1 Å². The van der Waals surface area contributed by atoms with Crippen molar-refractivity contribution in [3.63, 3.8) is 0 Å². The van der Waals surface area contributed by atoms with E-state index in [9.17, 15) is 0 Å². The van der Waals surface area contributed by atoms with Crippen LogP contribution in [0, 0.1) is 6.07 Å². The summed E-state index contributed by atoms with van der Waals surface area (Å²) < 4.78 is 0. The highest BCUT2D eigenvalue weighted by Crippen LogP contribution is 2.44. The predicted molar refractivity (Wildman–Crippen MR) is 146 cm³/mol.